The third kappa shape index (κ3) is 6.64. The number of rotatable bonds is 10. The van der Waals surface area contributed by atoms with Crippen LogP contribution in [0.25, 0.3) is 0 Å². The van der Waals surface area contributed by atoms with Gasteiger partial charge in [-0.3, -0.25) is 0 Å². The van der Waals surface area contributed by atoms with E-state index in [4.69, 9.17) is 4.74 Å². The Morgan fingerprint density at radius 3 is 2.18 bits per heavy atom. The summed E-state index contributed by atoms with van der Waals surface area (Å²) < 4.78 is 45.7. The summed E-state index contributed by atoms with van der Waals surface area (Å²) >= 11 is 0. The zero-order valence-electron chi connectivity index (χ0n) is 16.9. The van der Waals surface area contributed by atoms with Gasteiger partial charge in [0.05, 0.1) is 11.7 Å². The first kappa shape index (κ1) is 22.4. The summed E-state index contributed by atoms with van der Waals surface area (Å²) in [6.45, 7) is 9.31. The van der Waals surface area contributed by atoms with Gasteiger partial charge in [0.1, 0.15) is 6.10 Å². The second-order valence-corrected chi connectivity index (χ2v) is 7.03. The van der Waals surface area contributed by atoms with Gasteiger partial charge in [0.25, 0.3) is 0 Å². The van der Waals surface area contributed by atoms with E-state index in [1.165, 1.54) is 12.1 Å². The fraction of sp³-hybridized carbons (Fsp3) is 0.478. The summed E-state index contributed by atoms with van der Waals surface area (Å²) in [5.74, 6) is 0. The first-order valence-corrected chi connectivity index (χ1v) is 9.95. The van der Waals surface area contributed by atoms with Crippen LogP contribution in [0.3, 0.4) is 0 Å². The van der Waals surface area contributed by atoms with Crippen molar-refractivity contribution in [1.82, 2.24) is 4.90 Å². The lowest BCUT2D eigenvalue weighted by Gasteiger charge is -2.25. The molecule has 154 valence electrons. The monoisotopic (exact) mass is 393 g/mol. The molecule has 28 heavy (non-hydrogen) atoms. The van der Waals surface area contributed by atoms with E-state index >= 15 is 0 Å². The Bertz CT molecular complexity index is 698. The van der Waals surface area contributed by atoms with Crippen molar-refractivity contribution in [3.8, 4) is 0 Å². The number of hydrogen-bond acceptors (Lipinski definition) is 2. The number of ether oxygens (including phenoxy) is 1. The van der Waals surface area contributed by atoms with Gasteiger partial charge in [0.15, 0.2) is 0 Å². The van der Waals surface area contributed by atoms with E-state index in [9.17, 15) is 13.2 Å². The normalized spacial score (nSPS) is 14.2. The van der Waals surface area contributed by atoms with Crippen molar-refractivity contribution in [1.29, 1.82) is 0 Å². The Kier molecular flexibility index (Phi) is 8.52. The molecule has 0 aliphatic carbocycles. The fourth-order valence-electron chi connectivity index (χ4n) is 3.30. The molecule has 2 aromatic rings. The number of alkyl halides is 3. The lowest BCUT2D eigenvalue weighted by atomic mass is 9.99. The standard InChI is InChI=1S/C23H30F3NO/c1-4-27(5-2)16-10-11-18(3)28-22(19-12-7-6-8-13-19)20-14-9-15-21(17-20)23(24,25)26/h6-9,12-15,17-18,22H,4-5,10-11,16H2,1-3H3. The quantitative estimate of drug-likeness (QED) is 0.468. The maximum atomic E-state index is 13.2. The van der Waals surface area contributed by atoms with E-state index < -0.39 is 17.8 Å². The van der Waals surface area contributed by atoms with Gasteiger partial charge in [-0.05, 0) is 62.7 Å². The Balaban J connectivity index is 2.15. The molecule has 0 heterocycles. The van der Waals surface area contributed by atoms with E-state index in [2.05, 4.69) is 18.7 Å². The van der Waals surface area contributed by atoms with Gasteiger partial charge in [0.2, 0.25) is 0 Å². The topological polar surface area (TPSA) is 12.5 Å². The fourth-order valence-corrected chi connectivity index (χ4v) is 3.30. The minimum Gasteiger partial charge on any atom is -0.366 e. The molecule has 0 fully saturated rings. The molecule has 0 aliphatic rings. The number of halogens is 3. The van der Waals surface area contributed by atoms with E-state index in [0.29, 0.717) is 5.56 Å². The first-order valence-electron chi connectivity index (χ1n) is 9.95. The molecule has 2 aromatic carbocycles. The third-order valence-electron chi connectivity index (χ3n) is 4.97. The predicted octanol–water partition coefficient (Wildman–Crippen LogP) is 6.32. The minimum absolute atomic E-state index is 0.0599. The summed E-state index contributed by atoms with van der Waals surface area (Å²) in [4.78, 5) is 2.36. The molecule has 0 bridgehead atoms. The molecule has 0 saturated heterocycles. The summed E-state index contributed by atoms with van der Waals surface area (Å²) in [5, 5.41) is 0. The lowest BCUT2D eigenvalue weighted by Crippen LogP contribution is -2.25. The molecule has 0 radical (unpaired) electrons. The Labute approximate surface area is 166 Å². The number of benzene rings is 2. The average Bonchev–Trinajstić information content (AvgIpc) is 2.69. The largest absolute Gasteiger partial charge is 0.416 e. The summed E-state index contributed by atoms with van der Waals surface area (Å²) in [6, 6.07) is 14.9. The molecule has 0 N–H and O–H groups in total. The molecule has 5 heteroatoms. The molecular formula is C23H30F3NO. The van der Waals surface area contributed by atoms with Crippen molar-refractivity contribution in [2.75, 3.05) is 19.6 Å². The molecule has 0 aliphatic heterocycles. The van der Waals surface area contributed by atoms with E-state index in [-0.39, 0.29) is 6.10 Å². The van der Waals surface area contributed by atoms with Crippen LogP contribution < -0.4 is 0 Å². The predicted molar refractivity (Wildman–Crippen MR) is 107 cm³/mol. The van der Waals surface area contributed by atoms with Crippen molar-refractivity contribution >= 4 is 0 Å². The van der Waals surface area contributed by atoms with Crippen molar-refractivity contribution in [3.63, 3.8) is 0 Å². The molecule has 0 saturated carbocycles. The highest BCUT2D eigenvalue weighted by Crippen LogP contribution is 2.34. The zero-order chi connectivity index (χ0) is 20.6. The Hall–Kier alpha value is -1.85. The highest BCUT2D eigenvalue weighted by atomic mass is 19.4. The molecule has 2 atom stereocenters. The molecule has 2 nitrogen and oxygen atoms in total. The third-order valence-corrected chi connectivity index (χ3v) is 4.97. The van der Waals surface area contributed by atoms with Crippen LogP contribution in [0.5, 0.6) is 0 Å². The highest BCUT2D eigenvalue weighted by molar-refractivity contribution is 5.34. The number of nitrogens with zero attached hydrogens (tertiary/aromatic N) is 1. The number of hydrogen-bond donors (Lipinski definition) is 0. The second-order valence-electron chi connectivity index (χ2n) is 7.03. The van der Waals surface area contributed by atoms with Crippen molar-refractivity contribution in [3.05, 3.63) is 71.3 Å². The van der Waals surface area contributed by atoms with Crippen molar-refractivity contribution < 1.29 is 17.9 Å². The molecule has 2 rings (SSSR count). The van der Waals surface area contributed by atoms with Crippen LogP contribution in [0.15, 0.2) is 54.6 Å². The van der Waals surface area contributed by atoms with Crippen LogP contribution in [0.4, 0.5) is 13.2 Å². The van der Waals surface area contributed by atoms with Gasteiger partial charge in [-0.15, -0.1) is 0 Å². The van der Waals surface area contributed by atoms with Crippen LogP contribution in [0.2, 0.25) is 0 Å². The maximum Gasteiger partial charge on any atom is 0.416 e. The van der Waals surface area contributed by atoms with Gasteiger partial charge < -0.3 is 9.64 Å². The van der Waals surface area contributed by atoms with Gasteiger partial charge in [-0.2, -0.15) is 13.2 Å². The van der Waals surface area contributed by atoms with Gasteiger partial charge in [-0.1, -0.05) is 56.3 Å². The average molecular weight is 393 g/mol. The van der Waals surface area contributed by atoms with Crippen LogP contribution in [0, 0.1) is 0 Å². The van der Waals surface area contributed by atoms with Crippen molar-refractivity contribution in [2.24, 2.45) is 0 Å². The summed E-state index contributed by atoms with van der Waals surface area (Å²) in [7, 11) is 0. The van der Waals surface area contributed by atoms with Crippen molar-refractivity contribution in [2.45, 2.75) is 52.0 Å². The Morgan fingerprint density at radius 2 is 1.57 bits per heavy atom. The first-order chi connectivity index (χ1) is 13.3. The maximum absolute atomic E-state index is 13.2. The van der Waals surface area contributed by atoms with E-state index in [1.807, 2.05) is 37.3 Å². The SMILES string of the molecule is CCN(CC)CCCC(C)OC(c1ccccc1)c1cccc(C(F)(F)F)c1. The summed E-state index contributed by atoms with van der Waals surface area (Å²) in [5.41, 5.74) is 0.734. The van der Waals surface area contributed by atoms with E-state index in [0.717, 1.165) is 44.1 Å². The van der Waals surface area contributed by atoms with Gasteiger partial charge in [0, 0.05) is 0 Å². The minimum atomic E-state index is -4.37. The lowest BCUT2D eigenvalue weighted by molar-refractivity contribution is -0.137. The van der Waals surface area contributed by atoms with E-state index in [1.54, 1.807) is 6.07 Å². The van der Waals surface area contributed by atoms with Gasteiger partial charge in [-0.25, -0.2) is 0 Å². The molecule has 0 aromatic heterocycles. The highest BCUT2D eigenvalue weighted by Gasteiger charge is 2.31. The van der Waals surface area contributed by atoms with Crippen LogP contribution in [-0.4, -0.2) is 30.6 Å². The van der Waals surface area contributed by atoms with Gasteiger partial charge >= 0.3 is 6.18 Å². The van der Waals surface area contributed by atoms with Crippen LogP contribution in [0.1, 0.15) is 56.4 Å². The van der Waals surface area contributed by atoms with Crippen LogP contribution >= 0.6 is 0 Å². The zero-order valence-corrected chi connectivity index (χ0v) is 16.9. The molecule has 0 amide bonds. The molecule has 2 unspecified atom stereocenters. The smallest absolute Gasteiger partial charge is 0.366 e. The molecule has 0 spiro atoms. The van der Waals surface area contributed by atoms with Crippen LogP contribution in [-0.2, 0) is 10.9 Å². The summed E-state index contributed by atoms with van der Waals surface area (Å²) in [6.07, 6.45) is -3.10. The molecular weight excluding hydrogens is 363 g/mol. The second kappa shape index (κ2) is 10.6. The Morgan fingerprint density at radius 1 is 0.929 bits per heavy atom.